The van der Waals surface area contributed by atoms with Crippen LogP contribution in [0.3, 0.4) is 0 Å². The predicted molar refractivity (Wildman–Crippen MR) is 105 cm³/mol. The van der Waals surface area contributed by atoms with Crippen molar-refractivity contribution in [2.75, 3.05) is 32.4 Å². The van der Waals surface area contributed by atoms with E-state index in [2.05, 4.69) is 18.7 Å². The number of hydrogen-bond donors (Lipinski definition) is 0. The Hall–Kier alpha value is -0.290. The molecule has 0 unspecified atom stereocenters. The molecule has 0 radical (unpaired) electrons. The fraction of sp³-hybridized carbons (Fsp3) is 1.00. The highest BCUT2D eigenvalue weighted by molar-refractivity contribution is 7.88. The molecule has 6 fully saturated rings. The molecule has 0 aromatic heterocycles. The van der Waals surface area contributed by atoms with Crippen LogP contribution in [0.5, 0.6) is 0 Å². The van der Waals surface area contributed by atoms with Crippen LogP contribution < -0.4 is 0 Å². The molecule has 5 aliphatic heterocycles. The van der Waals surface area contributed by atoms with Gasteiger partial charge in [0, 0.05) is 44.4 Å². The van der Waals surface area contributed by atoms with E-state index in [1.165, 1.54) is 12.7 Å². The van der Waals surface area contributed by atoms with Gasteiger partial charge in [0.25, 0.3) is 0 Å². The highest BCUT2D eigenvalue weighted by Gasteiger charge is 2.69. The molecule has 6 aliphatic rings. The smallest absolute Gasteiger partial charge is 0.211 e. The molecular formula is C20H34N2O6S. The van der Waals surface area contributed by atoms with Gasteiger partial charge in [-0.25, -0.2) is 18.2 Å². The summed E-state index contributed by atoms with van der Waals surface area (Å²) in [5.74, 6) is 0.689. The lowest BCUT2D eigenvalue weighted by molar-refractivity contribution is -0.574. The van der Waals surface area contributed by atoms with E-state index in [0.717, 1.165) is 19.3 Å². The fourth-order valence-electron chi connectivity index (χ4n) is 6.59. The highest BCUT2D eigenvalue weighted by atomic mass is 32.2. The minimum absolute atomic E-state index is 0.0991. The van der Waals surface area contributed by atoms with E-state index in [0.29, 0.717) is 43.9 Å². The maximum absolute atomic E-state index is 11.9. The molecule has 29 heavy (non-hydrogen) atoms. The molecule has 5 saturated heterocycles. The van der Waals surface area contributed by atoms with Crippen molar-refractivity contribution in [3.8, 4) is 0 Å². The van der Waals surface area contributed by atoms with Crippen molar-refractivity contribution in [1.82, 2.24) is 9.21 Å². The first-order valence-electron chi connectivity index (χ1n) is 11.0. The summed E-state index contributed by atoms with van der Waals surface area (Å²) >= 11 is 0. The summed E-state index contributed by atoms with van der Waals surface area (Å²) < 4.78 is 38.4. The molecule has 0 aromatic rings. The molecule has 8 nitrogen and oxygen atoms in total. The summed E-state index contributed by atoms with van der Waals surface area (Å²) in [5.41, 5.74) is -0.543. The minimum Gasteiger partial charge on any atom is -0.331 e. The number of hydrogen-bond acceptors (Lipinski definition) is 7. The van der Waals surface area contributed by atoms with Gasteiger partial charge in [-0.1, -0.05) is 13.8 Å². The second-order valence-corrected chi connectivity index (χ2v) is 12.0. The van der Waals surface area contributed by atoms with Gasteiger partial charge in [-0.2, -0.15) is 4.31 Å². The first kappa shape index (κ1) is 20.6. The van der Waals surface area contributed by atoms with Crippen molar-refractivity contribution in [3.05, 3.63) is 0 Å². The van der Waals surface area contributed by atoms with Crippen LogP contribution >= 0.6 is 0 Å². The van der Waals surface area contributed by atoms with Crippen LogP contribution in [0.25, 0.3) is 0 Å². The molecule has 8 atom stereocenters. The van der Waals surface area contributed by atoms with Gasteiger partial charge in [0.05, 0.1) is 6.26 Å². The maximum atomic E-state index is 11.9. The van der Waals surface area contributed by atoms with Crippen molar-refractivity contribution in [2.45, 2.75) is 70.4 Å². The molecule has 1 aliphatic carbocycles. The van der Waals surface area contributed by atoms with Gasteiger partial charge in [0.15, 0.2) is 11.9 Å². The number of nitrogens with zero attached hydrogens (tertiary/aromatic N) is 2. The monoisotopic (exact) mass is 430 g/mol. The van der Waals surface area contributed by atoms with Gasteiger partial charge in [-0.15, -0.1) is 0 Å². The van der Waals surface area contributed by atoms with Crippen molar-refractivity contribution in [3.63, 3.8) is 0 Å². The molecule has 1 spiro atoms. The largest absolute Gasteiger partial charge is 0.331 e. The quantitative estimate of drug-likeness (QED) is 0.618. The van der Waals surface area contributed by atoms with E-state index in [4.69, 9.17) is 19.2 Å². The minimum atomic E-state index is -3.15. The van der Waals surface area contributed by atoms with Crippen LogP contribution in [0, 0.1) is 23.7 Å². The summed E-state index contributed by atoms with van der Waals surface area (Å²) in [6, 6.07) is 0. The first-order valence-corrected chi connectivity index (χ1v) is 12.9. The SMILES string of the molecule is C[C@H]1[C@H](N2CCN(S(C)(=O)=O)CC2)O[C@@H]2O[C@@]3(C)CC[C@H]4[C@H](C)CC[C@@H]1[C@@]24OO3. The van der Waals surface area contributed by atoms with Crippen LogP contribution in [0.4, 0.5) is 0 Å². The number of ether oxygens (including phenoxy) is 2. The first-order chi connectivity index (χ1) is 13.6. The number of piperazine rings is 1. The third-order valence-electron chi connectivity index (χ3n) is 8.23. The van der Waals surface area contributed by atoms with Crippen LogP contribution in [0.15, 0.2) is 0 Å². The topological polar surface area (TPSA) is 77.5 Å². The zero-order valence-corrected chi connectivity index (χ0v) is 18.7. The highest BCUT2D eigenvalue weighted by Crippen LogP contribution is 2.60. The Morgan fingerprint density at radius 1 is 0.966 bits per heavy atom. The summed E-state index contributed by atoms with van der Waals surface area (Å²) in [5, 5.41) is 0. The summed E-state index contributed by atoms with van der Waals surface area (Å²) in [6.45, 7) is 8.86. The van der Waals surface area contributed by atoms with Gasteiger partial charge < -0.3 is 9.47 Å². The maximum Gasteiger partial charge on any atom is 0.211 e. The summed E-state index contributed by atoms with van der Waals surface area (Å²) in [6.07, 6.45) is 4.82. The Bertz CT molecular complexity index is 756. The Morgan fingerprint density at radius 2 is 1.69 bits per heavy atom. The van der Waals surface area contributed by atoms with Crippen LogP contribution in [0.2, 0.25) is 0 Å². The third kappa shape index (κ3) is 3.11. The molecule has 5 heterocycles. The van der Waals surface area contributed by atoms with Crippen molar-refractivity contribution >= 4 is 10.0 Å². The second-order valence-electron chi connectivity index (χ2n) is 9.99. The van der Waals surface area contributed by atoms with Crippen molar-refractivity contribution in [1.29, 1.82) is 0 Å². The molecule has 0 aromatic carbocycles. The van der Waals surface area contributed by atoms with Crippen LogP contribution in [-0.4, -0.2) is 74.0 Å². The molecule has 6 rings (SSSR count). The Labute approximate surface area is 173 Å². The zero-order chi connectivity index (χ0) is 20.6. The van der Waals surface area contributed by atoms with Gasteiger partial charge in [-0.3, -0.25) is 4.90 Å². The zero-order valence-electron chi connectivity index (χ0n) is 17.9. The molecule has 1 saturated carbocycles. The van der Waals surface area contributed by atoms with Crippen molar-refractivity contribution < 1.29 is 27.7 Å². The number of sulfonamides is 1. The molecule has 9 heteroatoms. The predicted octanol–water partition coefficient (Wildman–Crippen LogP) is 1.77. The summed E-state index contributed by atoms with van der Waals surface area (Å²) in [7, 11) is -3.15. The normalized spacial score (nSPS) is 51.4. The van der Waals surface area contributed by atoms with Gasteiger partial charge in [0.2, 0.25) is 15.8 Å². The van der Waals surface area contributed by atoms with Crippen LogP contribution in [-0.2, 0) is 29.3 Å². The van der Waals surface area contributed by atoms with Gasteiger partial charge in [-0.05, 0) is 38.0 Å². The number of rotatable bonds is 2. The van der Waals surface area contributed by atoms with Gasteiger partial charge >= 0.3 is 0 Å². The Kier molecular flexibility index (Phi) is 4.87. The Morgan fingerprint density at radius 3 is 2.38 bits per heavy atom. The number of fused-ring (bicyclic) bond motifs is 2. The average molecular weight is 431 g/mol. The lowest BCUT2D eigenvalue weighted by Gasteiger charge is -2.61. The van der Waals surface area contributed by atoms with E-state index >= 15 is 0 Å². The molecular weight excluding hydrogens is 396 g/mol. The lowest BCUT2D eigenvalue weighted by atomic mass is 9.58. The lowest BCUT2D eigenvalue weighted by Crippen LogP contribution is -2.72. The fourth-order valence-corrected chi connectivity index (χ4v) is 7.42. The van der Waals surface area contributed by atoms with Gasteiger partial charge in [0.1, 0.15) is 6.23 Å². The summed E-state index contributed by atoms with van der Waals surface area (Å²) in [4.78, 5) is 14.4. The molecule has 2 bridgehead atoms. The Balaban J connectivity index is 1.42. The van der Waals surface area contributed by atoms with E-state index in [9.17, 15) is 8.42 Å². The van der Waals surface area contributed by atoms with Crippen LogP contribution in [0.1, 0.15) is 46.5 Å². The standard InChI is InChI=1S/C20H34N2O6S/c1-13-5-6-16-14(2)17(21-9-11-22(12-10-21)29(4,23)24)25-18-20(16)15(13)7-8-19(3,26-18)27-28-20/h13-18H,5-12H2,1-4H3/t13-,14-,15+,16+,17-,18-,19-,20-/m1/s1. The second kappa shape index (κ2) is 6.85. The van der Waals surface area contributed by atoms with E-state index in [1.54, 1.807) is 4.31 Å². The van der Waals surface area contributed by atoms with E-state index in [1.807, 2.05) is 6.92 Å². The molecule has 0 N–H and O–H groups in total. The van der Waals surface area contributed by atoms with Crippen molar-refractivity contribution in [2.24, 2.45) is 23.7 Å². The van der Waals surface area contributed by atoms with E-state index < -0.39 is 27.7 Å². The van der Waals surface area contributed by atoms with E-state index in [-0.39, 0.29) is 12.1 Å². The molecule has 0 amide bonds. The molecule has 166 valence electrons. The average Bonchev–Trinajstić information content (AvgIpc) is 2.90. The third-order valence-corrected chi connectivity index (χ3v) is 9.53.